The zero-order chi connectivity index (χ0) is 10.0. The van der Waals surface area contributed by atoms with E-state index in [1.165, 1.54) is 12.1 Å². The second-order valence-corrected chi connectivity index (χ2v) is 2.92. The van der Waals surface area contributed by atoms with Crippen molar-refractivity contribution in [1.82, 2.24) is 0 Å². The molecule has 0 saturated carbocycles. The second kappa shape index (κ2) is 3.64. The molecule has 0 saturated heterocycles. The van der Waals surface area contributed by atoms with Crippen molar-refractivity contribution in [2.24, 2.45) is 0 Å². The molecular weight excluding hydrogens is 196 g/mol. The lowest BCUT2D eigenvalue weighted by atomic mass is 10.1. The van der Waals surface area contributed by atoms with Gasteiger partial charge in [-0.05, 0) is 23.8 Å². The number of aliphatic hydroxyl groups is 1. The molecule has 0 aliphatic rings. The van der Waals surface area contributed by atoms with Crippen molar-refractivity contribution in [3.8, 4) is 5.75 Å². The third-order valence-electron chi connectivity index (χ3n) is 1.45. The summed E-state index contributed by atoms with van der Waals surface area (Å²) < 4.78 is 0. The Kier molecular flexibility index (Phi) is 2.75. The van der Waals surface area contributed by atoms with Crippen molar-refractivity contribution in [3.63, 3.8) is 0 Å². The number of hydrogen-bond donors (Lipinski definition) is 3. The van der Waals surface area contributed by atoms with E-state index < -0.39 is 12.1 Å². The highest BCUT2D eigenvalue weighted by Gasteiger charge is 2.16. The van der Waals surface area contributed by atoms with E-state index in [9.17, 15) is 4.79 Å². The van der Waals surface area contributed by atoms with Gasteiger partial charge in [0.15, 0.2) is 6.10 Å². The highest BCUT2D eigenvalue weighted by molar-refractivity contribution is 6.30. The van der Waals surface area contributed by atoms with Crippen LogP contribution in [0.15, 0.2) is 18.2 Å². The maximum atomic E-state index is 10.3. The summed E-state index contributed by atoms with van der Waals surface area (Å²) in [5.41, 5.74) is 0.0532. The SMILES string of the molecule is O=C(O)C(O)c1cc(O)cc(Cl)c1. The van der Waals surface area contributed by atoms with Crippen LogP contribution >= 0.6 is 11.6 Å². The zero-order valence-electron chi connectivity index (χ0n) is 6.44. The summed E-state index contributed by atoms with van der Waals surface area (Å²) in [4.78, 5) is 10.3. The molecule has 13 heavy (non-hydrogen) atoms. The van der Waals surface area contributed by atoms with Crippen LogP contribution in [0, 0.1) is 0 Å². The summed E-state index contributed by atoms with van der Waals surface area (Å²) in [7, 11) is 0. The van der Waals surface area contributed by atoms with Crippen LogP contribution in [0.4, 0.5) is 0 Å². The molecule has 0 fully saturated rings. The van der Waals surface area contributed by atoms with Gasteiger partial charge in [0.2, 0.25) is 0 Å². The van der Waals surface area contributed by atoms with Crippen molar-refractivity contribution in [2.45, 2.75) is 6.10 Å². The number of phenols is 1. The van der Waals surface area contributed by atoms with Crippen LogP contribution in [-0.4, -0.2) is 21.3 Å². The lowest BCUT2D eigenvalue weighted by molar-refractivity contribution is -0.146. The summed E-state index contributed by atoms with van der Waals surface area (Å²) in [6.07, 6.45) is -1.66. The third-order valence-corrected chi connectivity index (χ3v) is 1.67. The molecule has 3 N–H and O–H groups in total. The monoisotopic (exact) mass is 202 g/mol. The van der Waals surface area contributed by atoms with E-state index in [4.69, 9.17) is 26.9 Å². The topological polar surface area (TPSA) is 77.8 Å². The van der Waals surface area contributed by atoms with Gasteiger partial charge in [-0.3, -0.25) is 0 Å². The molecule has 0 radical (unpaired) electrons. The standard InChI is InChI=1S/C8H7ClO4/c9-5-1-4(2-6(10)3-5)7(11)8(12)13/h1-3,7,10-11H,(H,12,13). The Balaban J connectivity index is 3.07. The van der Waals surface area contributed by atoms with Gasteiger partial charge in [-0.15, -0.1) is 0 Å². The Morgan fingerprint density at radius 3 is 2.46 bits per heavy atom. The summed E-state index contributed by atoms with van der Waals surface area (Å²) in [6.45, 7) is 0. The summed E-state index contributed by atoms with van der Waals surface area (Å²) in [5.74, 6) is -1.57. The van der Waals surface area contributed by atoms with Crippen LogP contribution in [0.2, 0.25) is 5.02 Å². The number of benzene rings is 1. The maximum absolute atomic E-state index is 10.3. The Bertz CT molecular complexity index is 317. The number of carboxylic acids is 1. The van der Waals surface area contributed by atoms with Gasteiger partial charge in [0.25, 0.3) is 0 Å². The molecule has 1 aromatic rings. The number of carboxylic acid groups (broad SMARTS) is 1. The molecule has 1 atom stereocenters. The van der Waals surface area contributed by atoms with Gasteiger partial charge in [0, 0.05) is 5.02 Å². The number of carbonyl (C=O) groups is 1. The Labute approximate surface area is 79.0 Å². The first-order chi connectivity index (χ1) is 6.00. The fourth-order valence-electron chi connectivity index (χ4n) is 0.897. The normalized spacial score (nSPS) is 12.5. The van der Waals surface area contributed by atoms with E-state index in [0.717, 1.165) is 6.07 Å². The second-order valence-electron chi connectivity index (χ2n) is 2.48. The van der Waals surface area contributed by atoms with E-state index in [0.29, 0.717) is 0 Å². The molecule has 1 aromatic carbocycles. The van der Waals surface area contributed by atoms with E-state index in [2.05, 4.69) is 0 Å². The lowest BCUT2D eigenvalue weighted by Crippen LogP contribution is -2.10. The number of aliphatic carboxylic acids is 1. The number of hydrogen-bond acceptors (Lipinski definition) is 3. The zero-order valence-corrected chi connectivity index (χ0v) is 7.19. The first-order valence-corrected chi connectivity index (χ1v) is 3.79. The highest BCUT2D eigenvalue weighted by atomic mass is 35.5. The van der Waals surface area contributed by atoms with Crippen molar-refractivity contribution in [3.05, 3.63) is 28.8 Å². The minimum atomic E-state index is -1.66. The number of aliphatic hydroxyl groups excluding tert-OH is 1. The van der Waals surface area contributed by atoms with Gasteiger partial charge in [0.1, 0.15) is 5.75 Å². The van der Waals surface area contributed by atoms with Crippen LogP contribution in [0.3, 0.4) is 0 Å². The van der Waals surface area contributed by atoms with E-state index in [-0.39, 0.29) is 16.3 Å². The van der Waals surface area contributed by atoms with Gasteiger partial charge in [-0.1, -0.05) is 11.6 Å². The van der Waals surface area contributed by atoms with Gasteiger partial charge in [-0.2, -0.15) is 0 Å². The molecular formula is C8H7ClO4. The Morgan fingerprint density at radius 2 is 2.00 bits per heavy atom. The molecule has 1 rings (SSSR count). The average molecular weight is 203 g/mol. The van der Waals surface area contributed by atoms with Crippen LogP contribution in [-0.2, 0) is 4.79 Å². The van der Waals surface area contributed by atoms with Crippen LogP contribution in [0.25, 0.3) is 0 Å². The molecule has 0 spiro atoms. The predicted octanol–water partition coefficient (Wildman–Crippen LogP) is 1.16. The van der Waals surface area contributed by atoms with Crippen molar-refractivity contribution >= 4 is 17.6 Å². The molecule has 4 nitrogen and oxygen atoms in total. The number of phenolic OH excluding ortho intramolecular Hbond substituents is 1. The number of aromatic hydroxyl groups is 1. The third kappa shape index (κ3) is 2.34. The van der Waals surface area contributed by atoms with Crippen molar-refractivity contribution < 1.29 is 20.1 Å². The molecule has 0 aliphatic heterocycles. The summed E-state index contributed by atoms with van der Waals surface area (Å²) >= 11 is 5.53. The molecule has 70 valence electrons. The van der Waals surface area contributed by atoms with Gasteiger partial charge in [0.05, 0.1) is 0 Å². The smallest absolute Gasteiger partial charge is 0.337 e. The van der Waals surface area contributed by atoms with Gasteiger partial charge < -0.3 is 15.3 Å². The quantitative estimate of drug-likeness (QED) is 0.673. The summed E-state index contributed by atoms with van der Waals surface area (Å²) in [5, 5.41) is 26.7. The molecule has 0 aliphatic carbocycles. The Hall–Kier alpha value is -1.26. The van der Waals surface area contributed by atoms with Crippen LogP contribution in [0.5, 0.6) is 5.75 Å². The Morgan fingerprint density at radius 1 is 1.38 bits per heavy atom. The molecule has 0 amide bonds. The van der Waals surface area contributed by atoms with E-state index in [1.54, 1.807) is 0 Å². The maximum Gasteiger partial charge on any atom is 0.337 e. The predicted molar refractivity (Wildman–Crippen MR) is 45.7 cm³/mol. The minimum Gasteiger partial charge on any atom is -0.508 e. The largest absolute Gasteiger partial charge is 0.508 e. The highest BCUT2D eigenvalue weighted by Crippen LogP contribution is 2.24. The lowest BCUT2D eigenvalue weighted by Gasteiger charge is -2.06. The van der Waals surface area contributed by atoms with Crippen LogP contribution in [0.1, 0.15) is 11.7 Å². The fraction of sp³-hybridized carbons (Fsp3) is 0.125. The number of rotatable bonds is 2. The van der Waals surface area contributed by atoms with Crippen molar-refractivity contribution in [1.29, 1.82) is 0 Å². The molecule has 1 unspecified atom stereocenters. The number of halogens is 1. The first kappa shape index (κ1) is 9.83. The van der Waals surface area contributed by atoms with Crippen LogP contribution < -0.4 is 0 Å². The van der Waals surface area contributed by atoms with Crippen molar-refractivity contribution in [2.75, 3.05) is 0 Å². The summed E-state index contributed by atoms with van der Waals surface area (Å²) in [6, 6.07) is 3.67. The molecule has 0 aromatic heterocycles. The van der Waals surface area contributed by atoms with E-state index >= 15 is 0 Å². The fourth-order valence-corrected chi connectivity index (χ4v) is 1.13. The average Bonchev–Trinajstić information content (AvgIpc) is 2.01. The first-order valence-electron chi connectivity index (χ1n) is 3.41. The molecule has 0 bridgehead atoms. The van der Waals surface area contributed by atoms with E-state index in [1.807, 2.05) is 0 Å². The molecule has 5 heteroatoms. The van der Waals surface area contributed by atoms with Gasteiger partial charge in [-0.25, -0.2) is 4.79 Å². The minimum absolute atomic E-state index is 0.0532. The molecule has 0 heterocycles. The van der Waals surface area contributed by atoms with Gasteiger partial charge >= 0.3 is 5.97 Å².